The Labute approximate surface area is 177 Å². The summed E-state index contributed by atoms with van der Waals surface area (Å²) in [7, 11) is 0. The second-order valence-corrected chi connectivity index (χ2v) is 8.47. The molecule has 0 spiro atoms. The molecule has 0 radical (unpaired) electrons. The highest BCUT2D eigenvalue weighted by molar-refractivity contribution is 5.92. The smallest absolute Gasteiger partial charge is 0.322 e. The third-order valence-corrected chi connectivity index (χ3v) is 6.09. The minimum Gasteiger partial charge on any atom is -0.389 e. The first kappa shape index (κ1) is 20.4. The number of rotatable bonds is 5. The van der Waals surface area contributed by atoms with Crippen molar-refractivity contribution >= 4 is 23.3 Å². The molecular formula is C24H29N3O3. The second kappa shape index (κ2) is 8.88. The Balaban J connectivity index is 1.30. The molecule has 1 fully saturated rings. The Kier molecular flexibility index (Phi) is 6.04. The van der Waals surface area contributed by atoms with E-state index in [1.54, 1.807) is 24.0 Å². The number of nitrogens with zero attached hydrogens (tertiary/aromatic N) is 1. The third-order valence-electron chi connectivity index (χ3n) is 6.09. The fraction of sp³-hybridized carbons (Fsp3) is 0.417. The summed E-state index contributed by atoms with van der Waals surface area (Å²) in [4.78, 5) is 26.6. The molecule has 1 aliphatic heterocycles. The van der Waals surface area contributed by atoms with Crippen LogP contribution in [0.4, 0.5) is 16.2 Å². The van der Waals surface area contributed by atoms with Crippen molar-refractivity contribution in [3.63, 3.8) is 0 Å². The highest BCUT2D eigenvalue weighted by Gasteiger charge is 2.24. The molecule has 2 aromatic carbocycles. The second-order valence-electron chi connectivity index (χ2n) is 8.47. The number of hydrogen-bond donors (Lipinski definition) is 3. The van der Waals surface area contributed by atoms with E-state index in [0.29, 0.717) is 31.1 Å². The quantitative estimate of drug-likeness (QED) is 0.665. The molecule has 1 aliphatic carbocycles. The van der Waals surface area contributed by atoms with Crippen molar-refractivity contribution in [2.45, 2.75) is 58.2 Å². The molecule has 0 aromatic heterocycles. The Hall–Kier alpha value is -2.86. The zero-order chi connectivity index (χ0) is 21.1. The van der Waals surface area contributed by atoms with E-state index in [-0.39, 0.29) is 11.9 Å². The first-order valence-corrected chi connectivity index (χ1v) is 10.7. The SMILES string of the molecule is CC(O)c1ccc2c(c1)CN(C(=O)Nc1ccc(NC(=O)CC3CCCC3)cc1)C2. The molecule has 1 heterocycles. The van der Waals surface area contributed by atoms with Crippen molar-refractivity contribution in [1.82, 2.24) is 4.90 Å². The molecule has 158 valence electrons. The molecule has 4 rings (SSSR count). The number of aliphatic hydroxyl groups is 1. The first-order chi connectivity index (χ1) is 14.5. The number of fused-ring (bicyclic) bond motifs is 1. The number of benzene rings is 2. The van der Waals surface area contributed by atoms with E-state index in [1.807, 2.05) is 30.3 Å². The maximum Gasteiger partial charge on any atom is 0.322 e. The molecule has 3 N–H and O–H groups in total. The lowest BCUT2D eigenvalue weighted by Crippen LogP contribution is -2.30. The maximum absolute atomic E-state index is 12.7. The molecule has 30 heavy (non-hydrogen) atoms. The van der Waals surface area contributed by atoms with Crippen molar-refractivity contribution in [3.8, 4) is 0 Å². The van der Waals surface area contributed by atoms with Crippen LogP contribution in [0.25, 0.3) is 0 Å². The van der Waals surface area contributed by atoms with Crippen LogP contribution in [0.15, 0.2) is 42.5 Å². The Morgan fingerprint density at radius 3 is 2.30 bits per heavy atom. The zero-order valence-electron chi connectivity index (χ0n) is 17.4. The van der Waals surface area contributed by atoms with Gasteiger partial charge >= 0.3 is 6.03 Å². The largest absolute Gasteiger partial charge is 0.389 e. The van der Waals surface area contributed by atoms with Crippen LogP contribution >= 0.6 is 0 Å². The number of nitrogens with one attached hydrogen (secondary N) is 2. The highest BCUT2D eigenvalue weighted by Crippen LogP contribution is 2.28. The molecular weight excluding hydrogens is 378 g/mol. The van der Waals surface area contributed by atoms with E-state index in [4.69, 9.17) is 0 Å². The van der Waals surface area contributed by atoms with Gasteiger partial charge in [-0.15, -0.1) is 0 Å². The van der Waals surface area contributed by atoms with Gasteiger partial charge in [-0.1, -0.05) is 31.0 Å². The van der Waals surface area contributed by atoms with Crippen molar-refractivity contribution < 1.29 is 14.7 Å². The number of hydrogen-bond acceptors (Lipinski definition) is 3. The average molecular weight is 408 g/mol. The summed E-state index contributed by atoms with van der Waals surface area (Å²) in [6, 6.07) is 12.9. The number of anilines is 2. The lowest BCUT2D eigenvalue weighted by molar-refractivity contribution is -0.117. The fourth-order valence-corrected chi connectivity index (χ4v) is 4.35. The molecule has 0 bridgehead atoms. The van der Waals surface area contributed by atoms with E-state index in [1.165, 1.54) is 12.8 Å². The molecule has 2 aromatic rings. The lowest BCUT2D eigenvalue weighted by atomic mass is 10.0. The highest BCUT2D eigenvalue weighted by atomic mass is 16.3. The standard InChI is InChI=1S/C24H29N3O3/c1-16(28)18-6-7-19-14-27(15-20(19)13-18)24(30)26-22-10-8-21(9-11-22)25-23(29)12-17-4-2-3-5-17/h6-11,13,16-17,28H,2-5,12,14-15H2,1H3,(H,25,29)(H,26,30). The summed E-state index contributed by atoms with van der Waals surface area (Å²) < 4.78 is 0. The van der Waals surface area contributed by atoms with Crippen LogP contribution in [0.2, 0.25) is 0 Å². The molecule has 3 amide bonds. The fourth-order valence-electron chi connectivity index (χ4n) is 4.35. The van der Waals surface area contributed by atoms with E-state index in [9.17, 15) is 14.7 Å². The van der Waals surface area contributed by atoms with Crippen molar-refractivity contribution in [3.05, 3.63) is 59.2 Å². The van der Waals surface area contributed by atoms with Gasteiger partial charge in [0.15, 0.2) is 0 Å². The van der Waals surface area contributed by atoms with Gasteiger partial charge in [0.05, 0.1) is 6.10 Å². The monoisotopic (exact) mass is 407 g/mol. The van der Waals surface area contributed by atoms with Crippen molar-refractivity contribution in [2.75, 3.05) is 10.6 Å². The Morgan fingerprint density at radius 2 is 1.63 bits per heavy atom. The number of amides is 3. The van der Waals surface area contributed by atoms with Gasteiger partial charge in [0.1, 0.15) is 0 Å². The van der Waals surface area contributed by atoms with E-state index >= 15 is 0 Å². The average Bonchev–Trinajstić information content (AvgIpc) is 3.38. The predicted molar refractivity (Wildman–Crippen MR) is 117 cm³/mol. The van der Waals surface area contributed by atoms with Crippen LogP contribution in [0.5, 0.6) is 0 Å². The molecule has 1 saturated carbocycles. The van der Waals surface area contributed by atoms with Gasteiger partial charge in [0.25, 0.3) is 0 Å². The third kappa shape index (κ3) is 4.82. The number of carbonyl (C=O) groups excluding carboxylic acids is 2. The predicted octanol–water partition coefficient (Wildman–Crippen LogP) is 4.81. The van der Waals surface area contributed by atoms with E-state index < -0.39 is 6.10 Å². The number of carbonyl (C=O) groups is 2. The maximum atomic E-state index is 12.7. The number of aliphatic hydroxyl groups excluding tert-OH is 1. The van der Waals surface area contributed by atoms with Crippen LogP contribution in [-0.4, -0.2) is 21.9 Å². The summed E-state index contributed by atoms with van der Waals surface area (Å²) in [5, 5.41) is 15.6. The molecule has 2 aliphatic rings. The van der Waals surface area contributed by atoms with Crippen LogP contribution in [-0.2, 0) is 17.9 Å². The van der Waals surface area contributed by atoms with Crippen molar-refractivity contribution in [1.29, 1.82) is 0 Å². The zero-order valence-corrected chi connectivity index (χ0v) is 17.4. The number of urea groups is 1. The summed E-state index contributed by atoms with van der Waals surface area (Å²) in [6.45, 7) is 2.82. The first-order valence-electron chi connectivity index (χ1n) is 10.7. The molecule has 6 heteroatoms. The van der Waals surface area contributed by atoms with Gasteiger partial charge in [-0.3, -0.25) is 4.79 Å². The molecule has 1 unspecified atom stereocenters. The van der Waals surface area contributed by atoms with Crippen LogP contribution in [0, 0.1) is 5.92 Å². The van der Waals surface area contributed by atoms with Crippen molar-refractivity contribution in [2.24, 2.45) is 5.92 Å². The van der Waals surface area contributed by atoms with Crippen LogP contribution < -0.4 is 10.6 Å². The summed E-state index contributed by atoms with van der Waals surface area (Å²) in [5.74, 6) is 0.579. The molecule has 1 atom stereocenters. The van der Waals surface area contributed by atoms with Gasteiger partial charge in [-0.05, 0) is 66.6 Å². The van der Waals surface area contributed by atoms with Gasteiger partial charge in [0, 0.05) is 30.9 Å². The molecule has 0 saturated heterocycles. The minimum atomic E-state index is -0.518. The normalized spacial score (nSPS) is 16.9. The van der Waals surface area contributed by atoms with Crippen LogP contribution in [0.3, 0.4) is 0 Å². The summed E-state index contributed by atoms with van der Waals surface area (Å²) in [5.41, 5.74) is 4.48. The van der Waals surface area contributed by atoms with E-state index in [2.05, 4.69) is 10.6 Å². The van der Waals surface area contributed by atoms with Gasteiger partial charge < -0.3 is 20.6 Å². The Morgan fingerprint density at radius 1 is 1.00 bits per heavy atom. The lowest BCUT2D eigenvalue weighted by Gasteiger charge is -2.16. The Bertz CT molecular complexity index is 918. The van der Waals surface area contributed by atoms with Crippen LogP contribution in [0.1, 0.15) is 61.8 Å². The van der Waals surface area contributed by atoms with Gasteiger partial charge in [0.2, 0.25) is 5.91 Å². The summed E-state index contributed by atoms with van der Waals surface area (Å²) in [6.07, 6.45) is 4.84. The minimum absolute atomic E-state index is 0.0603. The van der Waals surface area contributed by atoms with E-state index in [0.717, 1.165) is 35.2 Å². The topological polar surface area (TPSA) is 81.7 Å². The molecule has 6 nitrogen and oxygen atoms in total. The van der Waals surface area contributed by atoms with Gasteiger partial charge in [-0.2, -0.15) is 0 Å². The van der Waals surface area contributed by atoms with Gasteiger partial charge in [-0.25, -0.2) is 4.79 Å². The summed E-state index contributed by atoms with van der Waals surface area (Å²) >= 11 is 0.